The number of benzene rings is 1. The maximum absolute atomic E-state index is 12.7. The Labute approximate surface area is 168 Å². The first-order valence-corrected chi connectivity index (χ1v) is 9.95. The number of rotatable bonds is 4. The molecule has 0 N–H and O–H groups in total. The molecule has 0 aliphatic carbocycles. The number of esters is 1. The number of para-hydroxylation sites is 1. The van der Waals surface area contributed by atoms with Crippen molar-refractivity contribution in [2.75, 3.05) is 6.54 Å². The second-order valence-electron chi connectivity index (χ2n) is 7.96. The van der Waals surface area contributed by atoms with Crippen molar-refractivity contribution in [1.29, 1.82) is 0 Å². The van der Waals surface area contributed by atoms with Gasteiger partial charge in [-0.3, -0.25) is 19.3 Å². The van der Waals surface area contributed by atoms with Gasteiger partial charge in [0, 0.05) is 28.7 Å². The van der Waals surface area contributed by atoms with Crippen molar-refractivity contribution in [2.45, 2.75) is 46.3 Å². The molecule has 2 aromatic rings. The maximum Gasteiger partial charge on any atom is 0.326 e. The fourth-order valence-corrected chi connectivity index (χ4v) is 3.88. The van der Waals surface area contributed by atoms with Crippen LogP contribution >= 0.6 is 11.8 Å². The van der Waals surface area contributed by atoms with Crippen LogP contribution in [0.25, 0.3) is 17.0 Å². The molecule has 1 saturated heterocycles. The van der Waals surface area contributed by atoms with E-state index >= 15 is 0 Å². The molecule has 0 unspecified atom stereocenters. The van der Waals surface area contributed by atoms with E-state index in [1.807, 2.05) is 30.5 Å². The van der Waals surface area contributed by atoms with E-state index in [2.05, 4.69) is 18.4 Å². The number of hydrogen-bond donors (Lipinski definition) is 0. The second-order valence-corrected chi connectivity index (χ2v) is 8.95. The molecule has 1 aliphatic rings. The van der Waals surface area contributed by atoms with Gasteiger partial charge in [-0.1, -0.05) is 18.2 Å². The SMILES string of the molecule is CC(C)n1cc(/C=C2\SC(=O)N(CC(=O)OC(C)(C)C)C2=O)c2ccccc21. The van der Waals surface area contributed by atoms with Gasteiger partial charge < -0.3 is 9.30 Å². The van der Waals surface area contributed by atoms with Gasteiger partial charge in [0.05, 0.1) is 4.91 Å². The van der Waals surface area contributed by atoms with Crippen LogP contribution in [0, 0.1) is 0 Å². The highest BCUT2D eigenvalue weighted by Gasteiger charge is 2.37. The molecule has 0 saturated carbocycles. The molecule has 0 bridgehead atoms. The summed E-state index contributed by atoms with van der Waals surface area (Å²) in [6.45, 7) is 9.01. The molecule has 28 heavy (non-hydrogen) atoms. The number of hydrogen-bond acceptors (Lipinski definition) is 5. The highest BCUT2D eigenvalue weighted by atomic mass is 32.2. The van der Waals surface area contributed by atoms with Gasteiger partial charge in [0.15, 0.2) is 0 Å². The predicted octanol–water partition coefficient (Wildman–Crippen LogP) is 4.60. The summed E-state index contributed by atoms with van der Waals surface area (Å²) >= 11 is 0.844. The van der Waals surface area contributed by atoms with Gasteiger partial charge in [-0.25, -0.2) is 0 Å². The molecule has 2 heterocycles. The zero-order valence-electron chi connectivity index (χ0n) is 16.7. The van der Waals surface area contributed by atoms with E-state index in [0.717, 1.165) is 33.1 Å². The summed E-state index contributed by atoms with van der Waals surface area (Å²) in [6, 6.07) is 8.19. The lowest BCUT2D eigenvalue weighted by Gasteiger charge is -2.21. The van der Waals surface area contributed by atoms with Gasteiger partial charge in [0.25, 0.3) is 11.1 Å². The Morgan fingerprint density at radius 1 is 1.21 bits per heavy atom. The van der Waals surface area contributed by atoms with Gasteiger partial charge >= 0.3 is 5.97 Å². The van der Waals surface area contributed by atoms with Gasteiger partial charge in [0.2, 0.25) is 0 Å². The summed E-state index contributed by atoms with van der Waals surface area (Å²) in [6.07, 6.45) is 3.71. The average Bonchev–Trinajstić information content (AvgIpc) is 3.07. The quantitative estimate of drug-likeness (QED) is 0.554. The fourth-order valence-electron chi connectivity index (χ4n) is 3.05. The molecule has 0 radical (unpaired) electrons. The molecule has 2 amide bonds. The molecule has 0 atom stereocenters. The third kappa shape index (κ3) is 4.14. The van der Waals surface area contributed by atoms with E-state index in [1.54, 1.807) is 26.8 Å². The highest BCUT2D eigenvalue weighted by molar-refractivity contribution is 8.18. The minimum absolute atomic E-state index is 0.259. The van der Waals surface area contributed by atoms with Crippen LogP contribution in [-0.4, -0.2) is 38.7 Å². The molecule has 6 nitrogen and oxygen atoms in total. The zero-order chi connectivity index (χ0) is 20.6. The van der Waals surface area contributed by atoms with E-state index in [9.17, 15) is 14.4 Å². The van der Waals surface area contributed by atoms with Crippen LogP contribution in [0.5, 0.6) is 0 Å². The fraction of sp³-hybridized carbons (Fsp3) is 0.381. The summed E-state index contributed by atoms with van der Waals surface area (Å²) in [7, 11) is 0. The topological polar surface area (TPSA) is 68.6 Å². The molecular formula is C21H24N2O4S. The van der Waals surface area contributed by atoms with E-state index in [1.165, 1.54) is 0 Å². The molecule has 7 heteroatoms. The summed E-state index contributed by atoms with van der Waals surface area (Å²) in [5.74, 6) is -1.07. The minimum atomic E-state index is -0.673. The van der Waals surface area contributed by atoms with Crippen molar-refractivity contribution in [3.63, 3.8) is 0 Å². The number of thioether (sulfide) groups is 1. The summed E-state index contributed by atoms with van der Waals surface area (Å²) in [4.78, 5) is 38.2. The lowest BCUT2D eigenvalue weighted by atomic mass is 10.1. The Balaban J connectivity index is 1.88. The summed E-state index contributed by atoms with van der Waals surface area (Å²) in [5, 5.41) is 0.546. The van der Waals surface area contributed by atoms with Crippen molar-refractivity contribution in [3.05, 3.63) is 40.9 Å². The Morgan fingerprint density at radius 3 is 2.54 bits per heavy atom. The van der Waals surface area contributed by atoms with Crippen molar-refractivity contribution in [1.82, 2.24) is 9.47 Å². The van der Waals surface area contributed by atoms with Crippen molar-refractivity contribution in [3.8, 4) is 0 Å². The average molecular weight is 401 g/mol. The second kappa shape index (κ2) is 7.47. The first-order chi connectivity index (χ1) is 13.1. The number of imide groups is 1. The molecule has 1 aromatic heterocycles. The van der Waals surface area contributed by atoms with Gasteiger partial charge in [-0.15, -0.1) is 0 Å². The smallest absolute Gasteiger partial charge is 0.326 e. The van der Waals surface area contributed by atoms with Crippen LogP contribution in [0.1, 0.15) is 46.2 Å². The normalized spacial score (nSPS) is 16.6. The maximum atomic E-state index is 12.7. The third-order valence-electron chi connectivity index (χ3n) is 4.20. The van der Waals surface area contributed by atoms with Gasteiger partial charge in [0.1, 0.15) is 12.1 Å². The Morgan fingerprint density at radius 2 is 1.89 bits per heavy atom. The first kappa shape index (κ1) is 20.2. The van der Waals surface area contributed by atoms with Crippen LogP contribution in [0.2, 0.25) is 0 Å². The minimum Gasteiger partial charge on any atom is -0.459 e. The number of carbonyl (C=O) groups excluding carboxylic acids is 3. The molecule has 1 fully saturated rings. The molecule has 0 spiro atoms. The molecule has 3 rings (SSSR count). The summed E-state index contributed by atoms with van der Waals surface area (Å²) in [5.41, 5.74) is 1.26. The lowest BCUT2D eigenvalue weighted by molar-refractivity contribution is -0.156. The molecular weight excluding hydrogens is 376 g/mol. The van der Waals surface area contributed by atoms with Crippen LogP contribution in [0.4, 0.5) is 4.79 Å². The third-order valence-corrected chi connectivity index (χ3v) is 5.10. The van der Waals surface area contributed by atoms with E-state index in [4.69, 9.17) is 4.74 Å². The van der Waals surface area contributed by atoms with E-state index in [-0.39, 0.29) is 12.6 Å². The van der Waals surface area contributed by atoms with Gasteiger partial charge in [-0.05, 0) is 58.5 Å². The van der Waals surface area contributed by atoms with Gasteiger partial charge in [-0.2, -0.15) is 0 Å². The highest BCUT2D eigenvalue weighted by Crippen LogP contribution is 2.34. The van der Waals surface area contributed by atoms with Crippen LogP contribution in [0.15, 0.2) is 35.4 Å². The standard InChI is InChI=1S/C21H24N2O4S/c1-13(2)22-11-14(15-8-6-7-9-16(15)22)10-17-19(25)23(20(26)28-17)12-18(24)27-21(3,4)5/h6-11,13H,12H2,1-5H3/b17-10-. The number of fused-ring (bicyclic) bond motifs is 1. The largest absolute Gasteiger partial charge is 0.459 e. The monoisotopic (exact) mass is 400 g/mol. The molecule has 1 aliphatic heterocycles. The molecule has 148 valence electrons. The number of ether oxygens (including phenoxy) is 1. The Bertz CT molecular complexity index is 982. The van der Waals surface area contributed by atoms with E-state index < -0.39 is 22.7 Å². The van der Waals surface area contributed by atoms with Crippen LogP contribution < -0.4 is 0 Å². The van der Waals surface area contributed by atoms with Crippen molar-refractivity contribution in [2.24, 2.45) is 0 Å². The Hall–Kier alpha value is -2.54. The van der Waals surface area contributed by atoms with Crippen LogP contribution in [0.3, 0.4) is 0 Å². The number of carbonyl (C=O) groups is 3. The van der Waals surface area contributed by atoms with Crippen molar-refractivity contribution < 1.29 is 19.1 Å². The van der Waals surface area contributed by atoms with Crippen molar-refractivity contribution >= 4 is 45.9 Å². The summed E-state index contributed by atoms with van der Waals surface area (Å²) < 4.78 is 7.35. The van der Waals surface area contributed by atoms with E-state index in [0.29, 0.717) is 4.91 Å². The lowest BCUT2D eigenvalue weighted by Crippen LogP contribution is -2.37. The number of aromatic nitrogens is 1. The predicted molar refractivity (Wildman–Crippen MR) is 111 cm³/mol. The number of nitrogens with zero attached hydrogens (tertiary/aromatic N) is 2. The zero-order valence-corrected chi connectivity index (χ0v) is 17.5. The number of amides is 2. The first-order valence-electron chi connectivity index (χ1n) is 9.13. The Kier molecular flexibility index (Phi) is 5.39. The molecule has 1 aromatic carbocycles. The van der Waals surface area contributed by atoms with Crippen LogP contribution in [-0.2, 0) is 14.3 Å².